The van der Waals surface area contributed by atoms with E-state index in [1.54, 1.807) is 17.5 Å². The van der Waals surface area contributed by atoms with Gasteiger partial charge in [-0.25, -0.2) is 0 Å². The Hall–Kier alpha value is -1.09. The Morgan fingerprint density at radius 3 is 3.07 bits per heavy atom. The predicted molar refractivity (Wildman–Crippen MR) is 59.1 cm³/mol. The highest BCUT2D eigenvalue weighted by molar-refractivity contribution is 7.19. The molecule has 0 fully saturated rings. The Morgan fingerprint density at radius 1 is 1.29 bits per heavy atom. The van der Waals surface area contributed by atoms with Crippen LogP contribution in [0.1, 0.15) is 23.3 Å². The van der Waals surface area contributed by atoms with Crippen molar-refractivity contribution in [2.45, 2.75) is 25.7 Å². The monoisotopic (exact) mass is 205 g/mol. The fourth-order valence-corrected chi connectivity index (χ4v) is 3.51. The molecule has 0 saturated heterocycles. The summed E-state index contributed by atoms with van der Waals surface area (Å²) in [6, 6.07) is 2.01. The van der Waals surface area contributed by atoms with E-state index < -0.39 is 0 Å². The zero-order chi connectivity index (χ0) is 9.54. The third-order valence-electron chi connectivity index (χ3n) is 2.87. The lowest BCUT2D eigenvalue weighted by molar-refractivity contribution is 0.700. The van der Waals surface area contributed by atoms with Crippen LogP contribution in [0.15, 0.2) is 17.1 Å². The number of rotatable bonds is 0. The van der Waals surface area contributed by atoms with Gasteiger partial charge in [-0.3, -0.25) is 4.79 Å². The number of thiophene rings is 1. The number of aryl methyl sites for hydroxylation is 2. The topological polar surface area (TPSA) is 32.9 Å². The van der Waals surface area contributed by atoms with Crippen LogP contribution >= 0.6 is 11.3 Å². The number of aromatic nitrogens is 1. The van der Waals surface area contributed by atoms with Gasteiger partial charge in [0.05, 0.1) is 5.39 Å². The average molecular weight is 205 g/mol. The van der Waals surface area contributed by atoms with Crippen LogP contribution in [0.4, 0.5) is 0 Å². The van der Waals surface area contributed by atoms with Gasteiger partial charge in [-0.2, -0.15) is 0 Å². The van der Waals surface area contributed by atoms with Crippen molar-refractivity contribution in [1.29, 1.82) is 0 Å². The maximum absolute atomic E-state index is 11.7. The number of fused-ring (bicyclic) bond motifs is 3. The number of H-pyrrole nitrogens is 1. The van der Waals surface area contributed by atoms with E-state index in [1.807, 2.05) is 6.07 Å². The number of nitrogens with one attached hydrogen (secondary N) is 1. The van der Waals surface area contributed by atoms with E-state index in [4.69, 9.17) is 0 Å². The van der Waals surface area contributed by atoms with E-state index in [2.05, 4.69) is 4.98 Å². The van der Waals surface area contributed by atoms with Crippen LogP contribution < -0.4 is 5.56 Å². The van der Waals surface area contributed by atoms with E-state index in [1.165, 1.54) is 23.3 Å². The molecule has 0 unspecified atom stereocenters. The minimum atomic E-state index is 0.0851. The summed E-state index contributed by atoms with van der Waals surface area (Å²) in [7, 11) is 0. The summed E-state index contributed by atoms with van der Waals surface area (Å²) in [5.74, 6) is 0. The number of hydrogen-bond acceptors (Lipinski definition) is 2. The first-order valence-electron chi connectivity index (χ1n) is 4.98. The first-order chi connectivity index (χ1) is 6.86. The second-order valence-corrected chi connectivity index (χ2v) is 4.89. The number of hydrogen-bond donors (Lipinski definition) is 1. The third-order valence-corrected chi connectivity index (χ3v) is 4.13. The summed E-state index contributed by atoms with van der Waals surface area (Å²) < 4.78 is 1.15. The van der Waals surface area contributed by atoms with Gasteiger partial charge < -0.3 is 4.98 Å². The molecule has 0 saturated carbocycles. The molecule has 2 aromatic rings. The molecule has 0 spiro atoms. The summed E-state index contributed by atoms with van der Waals surface area (Å²) in [5, 5.41) is 0.951. The van der Waals surface area contributed by atoms with Crippen molar-refractivity contribution in [3.8, 4) is 0 Å². The maximum Gasteiger partial charge on any atom is 0.256 e. The van der Waals surface area contributed by atoms with Crippen LogP contribution in [0.25, 0.3) is 10.1 Å². The molecule has 1 N–H and O–H groups in total. The molecular weight excluding hydrogens is 194 g/mol. The van der Waals surface area contributed by atoms with Gasteiger partial charge in [0.15, 0.2) is 0 Å². The molecule has 72 valence electrons. The maximum atomic E-state index is 11.7. The van der Waals surface area contributed by atoms with Crippen molar-refractivity contribution in [2.75, 3.05) is 0 Å². The highest BCUT2D eigenvalue weighted by Gasteiger charge is 2.17. The molecule has 0 aliphatic heterocycles. The van der Waals surface area contributed by atoms with Gasteiger partial charge in [-0.05, 0) is 37.3 Å². The van der Waals surface area contributed by atoms with E-state index in [9.17, 15) is 4.79 Å². The van der Waals surface area contributed by atoms with E-state index in [-0.39, 0.29) is 5.56 Å². The Balaban J connectivity index is 2.44. The van der Waals surface area contributed by atoms with Gasteiger partial charge in [0.25, 0.3) is 5.56 Å². The largest absolute Gasteiger partial charge is 0.328 e. The van der Waals surface area contributed by atoms with Crippen LogP contribution in [-0.4, -0.2) is 4.98 Å². The second kappa shape index (κ2) is 2.95. The van der Waals surface area contributed by atoms with Crippen LogP contribution in [0.5, 0.6) is 0 Å². The van der Waals surface area contributed by atoms with E-state index >= 15 is 0 Å². The molecule has 0 bridgehead atoms. The van der Waals surface area contributed by atoms with Crippen LogP contribution in [0.2, 0.25) is 0 Å². The Labute approximate surface area is 85.6 Å². The van der Waals surface area contributed by atoms with Crippen molar-refractivity contribution in [3.63, 3.8) is 0 Å². The van der Waals surface area contributed by atoms with Crippen molar-refractivity contribution < 1.29 is 0 Å². The Kier molecular flexibility index (Phi) is 1.74. The van der Waals surface area contributed by atoms with Crippen molar-refractivity contribution in [1.82, 2.24) is 4.98 Å². The molecule has 1 aliphatic rings. The molecule has 0 aromatic carbocycles. The molecule has 3 heteroatoms. The fourth-order valence-electron chi connectivity index (χ4n) is 2.22. The molecule has 2 aromatic heterocycles. The van der Waals surface area contributed by atoms with Crippen molar-refractivity contribution >= 4 is 21.4 Å². The van der Waals surface area contributed by atoms with Crippen LogP contribution in [0.3, 0.4) is 0 Å². The fraction of sp³-hybridized carbons (Fsp3) is 0.364. The van der Waals surface area contributed by atoms with E-state index in [0.717, 1.165) is 22.9 Å². The Morgan fingerprint density at radius 2 is 2.14 bits per heavy atom. The van der Waals surface area contributed by atoms with Gasteiger partial charge in [0, 0.05) is 15.8 Å². The van der Waals surface area contributed by atoms with Gasteiger partial charge in [0.2, 0.25) is 0 Å². The first-order valence-corrected chi connectivity index (χ1v) is 5.80. The summed E-state index contributed by atoms with van der Waals surface area (Å²) in [4.78, 5) is 15.9. The number of aromatic amines is 1. The average Bonchev–Trinajstić information content (AvgIpc) is 2.57. The highest BCUT2D eigenvalue weighted by Crippen LogP contribution is 2.33. The van der Waals surface area contributed by atoms with Gasteiger partial charge in [-0.15, -0.1) is 11.3 Å². The molecule has 14 heavy (non-hydrogen) atoms. The van der Waals surface area contributed by atoms with E-state index in [0.29, 0.717) is 0 Å². The van der Waals surface area contributed by atoms with Gasteiger partial charge in [-0.1, -0.05) is 0 Å². The number of pyridine rings is 1. The van der Waals surface area contributed by atoms with Crippen LogP contribution in [-0.2, 0) is 12.8 Å². The summed E-state index contributed by atoms with van der Waals surface area (Å²) in [6.45, 7) is 0. The SMILES string of the molecule is O=c1[nH]ccc2sc3c(c12)CCCC3. The predicted octanol–water partition coefficient (Wildman–Crippen LogP) is 2.47. The van der Waals surface area contributed by atoms with Crippen molar-refractivity contribution in [3.05, 3.63) is 33.1 Å². The zero-order valence-electron chi connectivity index (χ0n) is 7.80. The molecule has 3 rings (SSSR count). The van der Waals surface area contributed by atoms with Gasteiger partial charge in [0.1, 0.15) is 0 Å². The van der Waals surface area contributed by atoms with Crippen molar-refractivity contribution in [2.24, 2.45) is 0 Å². The Bertz CT molecular complexity index is 538. The molecule has 1 aliphatic carbocycles. The molecule has 0 radical (unpaired) electrons. The smallest absolute Gasteiger partial charge is 0.256 e. The lowest BCUT2D eigenvalue weighted by Gasteiger charge is -2.09. The van der Waals surface area contributed by atoms with Gasteiger partial charge >= 0.3 is 0 Å². The summed E-state index contributed by atoms with van der Waals surface area (Å²) in [5.41, 5.74) is 1.40. The lowest BCUT2D eigenvalue weighted by Crippen LogP contribution is -2.07. The molecule has 2 heterocycles. The minimum absolute atomic E-state index is 0.0851. The standard InChI is InChI=1S/C11H11NOS/c13-11-10-7-3-1-2-4-8(7)14-9(10)5-6-12-11/h5-6H,1-4H2,(H,12,13). The first kappa shape index (κ1) is 8.24. The molecular formula is C11H11NOS. The highest BCUT2D eigenvalue weighted by atomic mass is 32.1. The molecule has 0 atom stereocenters. The molecule has 2 nitrogen and oxygen atoms in total. The molecule has 0 amide bonds. The normalized spacial score (nSPS) is 15.7. The second-order valence-electron chi connectivity index (χ2n) is 3.76. The van der Waals surface area contributed by atoms with Crippen LogP contribution in [0, 0.1) is 0 Å². The zero-order valence-corrected chi connectivity index (χ0v) is 8.62. The minimum Gasteiger partial charge on any atom is -0.328 e. The quantitative estimate of drug-likeness (QED) is 0.704. The third kappa shape index (κ3) is 1.05. The lowest BCUT2D eigenvalue weighted by atomic mass is 9.97. The summed E-state index contributed by atoms with van der Waals surface area (Å²) >= 11 is 1.79. The summed E-state index contributed by atoms with van der Waals surface area (Å²) in [6.07, 6.45) is 6.49.